The molecule has 1 aliphatic rings. The third-order valence-electron chi connectivity index (χ3n) is 3.40. The van der Waals surface area contributed by atoms with Crippen LogP contribution in [0, 0.1) is 0 Å². The maximum Gasteiger partial charge on any atom is 0.214 e. The minimum absolute atomic E-state index is 0.117. The Kier molecular flexibility index (Phi) is 3.92. The van der Waals surface area contributed by atoms with E-state index in [1.165, 1.54) is 4.31 Å². The molecule has 0 saturated heterocycles. The van der Waals surface area contributed by atoms with E-state index in [4.69, 9.17) is 4.74 Å². The van der Waals surface area contributed by atoms with Crippen molar-refractivity contribution in [2.45, 2.75) is 25.8 Å². The second-order valence-corrected chi connectivity index (χ2v) is 6.78. The predicted molar refractivity (Wildman–Crippen MR) is 71.1 cm³/mol. The molecule has 0 radical (unpaired) electrons. The summed E-state index contributed by atoms with van der Waals surface area (Å²) in [5.74, 6) is 0.932. The van der Waals surface area contributed by atoms with Gasteiger partial charge in [0.1, 0.15) is 5.75 Å². The number of para-hydroxylation sites is 1. The molecule has 1 heterocycles. The molecule has 1 atom stereocenters. The summed E-state index contributed by atoms with van der Waals surface area (Å²) in [5, 5.41) is 0. The third kappa shape index (κ3) is 2.52. The Hall–Kier alpha value is -1.07. The van der Waals surface area contributed by atoms with Crippen molar-refractivity contribution in [3.05, 3.63) is 29.8 Å². The van der Waals surface area contributed by atoms with E-state index >= 15 is 0 Å². The van der Waals surface area contributed by atoms with Crippen LogP contribution in [-0.2, 0) is 10.0 Å². The van der Waals surface area contributed by atoms with E-state index < -0.39 is 10.0 Å². The Morgan fingerprint density at radius 2 is 2.11 bits per heavy atom. The molecule has 1 aliphatic heterocycles. The summed E-state index contributed by atoms with van der Waals surface area (Å²) < 4.78 is 31.2. The topological polar surface area (TPSA) is 46.6 Å². The summed E-state index contributed by atoms with van der Waals surface area (Å²) >= 11 is 0. The molecule has 1 aromatic carbocycles. The van der Waals surface area contributed by atoms with Crippen LogP contribution in [0.4, 0.5) is 0 Å². The van der Waals surface area contributed by atoms with Gasteiger partial charge < -0.3 is 4.74 Å². The fourth-order valence-corrected chi connectivity index (χ4v) is 3.29. The minimum atomic E-state index is -3.18. The molecule has 18 heavy (non-hydrogen) atoms. The highest BCUT2D eigenvalue weighted by molar-refractivity contribution is 7.89. The minimum Gasteiger partial charge on any atom is -0.493 e. The lowest BCUT2D eigenvalue weighted by Crippen LogP contribution is -2.32. The Balaban J connectivity index is 2.39. The lowest BCUT2D eigenvalue weighted by atomic mass is 10.0. The first-order chi connectivity index (χ1) is 8.56. The van der Waals surface area contributed by atoms with Crippen molar-refractivity contribution in [2.75, 3.05) is 19.4 Å². The number of nitrogens with zero attached hydrogens (tertiary/aromatic N) is 1. The van der Waals surface area contributed by atoms with Crippen LogP contribution in [-0.4, -0.2) is 32.1 Å². The molecule has 0 N–H and O–H groups in total. The van der Waals surface area contributed by atoms with Gasteiger partial charge in [0.2, 0.25) is 10.0 Å². The first-order valence-corrected chi connectivity index (χ1v) is 7.84. The number of benzene rings is 1. The number of fused-ring (bicyclic) bond motifs is 1. The van der Waals surface area contributed by atoms with Crippen molar-refractivity contribution >= 4 is 10.0 Å². The van der Waals surface area contributed by atoms with E-state index in [2.05, 4.69) is 0 Å². The molecule has 0 amide bonds. The number of ether oxygens (including phenoxy) is 1. The van der Waals surface area contributed by atoms with Gasteiger partial charge >= 0.3 is 0 Å². The van der Waals surface area contributed by atoms with Crippen LogP contribution in [0.3, 0.4) is 0 Å². The second-order valence-electron chi connectivity index (χ2n) is 4.46. The standard InChI is InChI=1S/C13H19NO3S/c1-3-18(15,16)14(2)12-8-6-10-17-13-9-5-4-7-11(12)13/h4-5,7,9,12H,3,6,8,10H2,1-2H3. The average Bonchev–Trinajstić information content (AvgIpc) is 2.60. The van der Waals surface area contributed by atoms with Crippen LogP contribution in [0.25, 0.3) is 0 Å². The van der Waals surface area contributed by atoms with Crippen LogP contribution in [0.15, 0.2) is 24.3 Å². The molecule has 0 aromatic heterocycles. The van der Waals surface area contributed by atoms with Crippen LogP contribution in [0.5, 0.6) is 5.75 Å². The van der Waals surface area contributed by atoms with Crippen LogP contribution in [0.2, 0.25) is 0 Å². The van der Waals surface area contributed by atoms with Gasteiger partial charge in [-0.15, -0.1) is 0 Å². The first kappa shape index (κ1) is 13.4. The molecular weight excluding hydrogens is 250 g/mol. The normalized spacial score (nSPS) is 20.1. The quantitative estimate of drug-likeness (QED) is 0.845. The fourth-order valence-electron chi connectivity index (χ4n) is 2.28. The number of sulfonamides is 1. The molecule has 0 spiro atoms. The first-order valence-electron chi connectivity index (χ1n) is 6.23. The van der Waals surface area contributed by atoms with Gasteiger partial charge in [-0.05, 0) is 25.8 Å². The van der Waals surface area contributed by atoms with Gasteiger partial charge in [-0.3, -0.25) is 0 Å². The van der Waals surface area contributed by atoms with Gasteiger partial charge in [0.25, 0.3) is 0 Å². The van der Waals surface area contributed by atoms with Crippen LogP contribution in [0.1, 0.15) is 31.4 Å². The van der Waals surface area contributed by atoms with Gasteiger partial charge in [0, 0.05) is 12.6 Å². The van der Waals surface area contributed by atoms with E-state index in [0.29, 0.717) is 6.61 Å². The molecule has 0 bridgehead atoms. The lowest BCUT2D eigenvalue weighted by molar-refractivity contribution is 0.309. The summed E-state index contributed by atoms with van der Waals surface area (Å²) in [5.41, 5.74) is 0.967. The summed E-state index contributed by atoms with van der Waals surface area (Å²) in [6.07, 6.45) is 1.66. The molecular formula is C13H19NO3S. The maximum absolute atomic E-state index is 12.0. The van der Waals surface area contributed by atoms with Crippen molar-refractivity contribution in [1.82, 2.24) is 4.31 Å². The van der Waals surface area contributed by atoms with Crippen molar-refractivity contribution in [1.29, 1.82) is 0 Å². The molecule has 0 fully saturated rings. The Morgan fingerprint density at radius 1 is 1.39 bits per heavy atom. The SMILES string of the molecule is CCS(=O)(=O)N(C)C1CCCOc2ccccc21. The molecule has 1 unspecified atom stereocenters. The summed E-state index contributed by atoms with van der Waals surface area (Å²) in [7, 11) is -1.52. The van der Waals surface area contributed by atoms with Gasteiger partial charge in [-0.25, -0.2) is 8.42 Å². The fraction of sp³-hybridized carbons (Fsp3) is 0.538. The number of hydrogen-bond donors (Lipinski definition) is 0. The predicted octanol–water partition coefficient (Wildman–Crippen LogP) is 2.18. The Labute approximate surface area is 109 Å². The Morgan fingerprint density at radius 3 is 2.83 bits per heavy atom. The van der Waals surface area contributed by atoms with E-state index in [9.17, 15) is 8.42 Å². The monoisotopic (exact) mass is 269 g/mol. The van der Waals surface area contributed by atoms with E-state index in [1.54, 1.807) is 14.0 Å². The molecule has 1 aromatic rings. The van der Waals surface area contributed by atoms with Gasteiger partial charge in [0.15, 0.2) is 0 Å². The molecule has 100 valence electrons. The maximum atomic E-state index is 12.0. The zero-order chi connectivity index (χ0) is 13.2. The highest BCUT2D eigenvalue weighted by Gasteiger charge is 2.29. The molecule has 0 aliphatic carbocycles. The number of rotatable bonds is 3. The van der Waals surface area contributed by atoms with Crippen LogP contribution >= 0.6 is 0 Å². The van der Waals surface area contributed by atoms with Gasteiger partial charge in [0.05, 0.1) is 18.4 Å². The van der Waals surface area contributed by atoms with E-state index in [-0.39, 0.29) is 11.8 Å². The summed E-state index contributed by atoms with van der Waals surface area (Å²) in [6.45, 7) is 2.32. The van der Waals surface area contributed by atoms with E-state index in [0.717, 1.165) is 24.2 Å². The van der Waals surface area contributed by atoms with E-state index in [1.807, 2.05) is 24.3 Å². The largest absolute Gasteiger partial charge is 0.493 e. The van der Waals surface area contributed by atoms with Crippen molar-refractivity contribution in [3.63, 3.8) is 0 Å². The van der Waals surface area contributed by atoms with Crippen LogP contribution < -0.4 is 4.74 Å². The van der Waals surface area contributed by atoms with Crippen molar-refractivity contribution < 1.29 is 13.2 Å². The smallest absolute Gasteiger partial charge is 0.214 e. The van der Waals surface area contributed by atoms with Gasteiger partial charge in [-0.2, -0.15) is 4.31 Å². The lowest BCUT2D eigenvalue weighted by Gasteiger charge is -2.26. The molecule has 4 nitrogen and oxygen atoms in total. The van der Waals surface area contributed by atoms with Crippen molar-refractivity contribution in [3.8, 4) is 5.75 Å². The average molecular weight is 269 g/mol. The molecule has 2 rings (SSSR count). The highest BCUT2D eigenvalue weighted by Crippen LogP contribution is 2.35. The van der Waals surface area contributed by atoms with Crippen molar-refractivity contribution in [2.24, 2.45) is 0 Å². The zero-order valence-electron chi connectivity index (χ0n) is 10.8. The highest BCUT2D eigenvalue weighted by atomic mass is 32.2. The summed E-state index contributed by atoms with van der Waals surface area (Å²) in [4.78, 5) is 0. The molecule has 5 heteroatoms. The second kappa shape index (κ2) is 5.28. The number of hydrogen-bond acceptors (Lipinski definition) is 3. The molecule has 0 saturated carbocycles. The van der Waals surface area contributed by atoms with Gasteiger partial charge in [-0.1, -0.05) is 18.2 Å². The third-order valence-corrected chi connectivity index (χ3v) is 5.26. The zero-order valence-corrected chi connectivity index (χ0v) is 11.6. The Bertz CT molecular complexity index is 513. The summed E-state index contributed by atoms with van der Waals surface area (Å²) in [6, 6.07) is 7.57.